The van der Waals surface area contributed by atoms with Gasteiger partial charge in [-0.2, -0.15) is 0 Å². The predicted octanol–water partition coefficient (Wildman–Crippen LogP) is 4.43. The topological polar surface area (TPSA) is 88.6 Å². The monoisotopic (exact) mass is 451 g/mol. The molecular weight excluding hydrogens is 421 g/mol. The normalized spacial score (nSPS) is 17.7. The SMILES string of the molecule is CC(C)(O)c1[nH]c2ccccc2c1C1CCCN(Cc2ccc(C=CC(=O)NO)cc2F)C1. The third kappa shape index (κ3) is 5.16. The Morgan fingerprint density at radius 3 is 2.82 bits per heavy atom. The number of H-pyrrole nitrogens is 1. The highest BCUT2D eigenvalue weighted by Crippen LogP contribution is 2.39. The standard InChI is InChI=1S/C26H30FN3O3/c1-26(2,32)25-24(20-7-3-4-8-22(20)28-25)19-6-5-13-30(16-19)15-18-11-9-17(14-21(18)27)10-12-23(31)29-33/h3-4,7-12,14,19,28,32-33H,5-6,13,15-16H2,1-2H3,(H,29,31). The van der Waals surface area contributed by atoms with Gasteiger partial charge in [0.2, 0.25) is 0 Å². The minimum Gasteiger partial charge on any atom is -0.384 e. The summed E-state index contributed by atoms with van der Waals surface area (Å²) in [7, 11) is 0. The van der Waals surface area contributed by atoms with E-state index in [0.717, 1.165) is 54.2 Å². The van der Waals surface area contributed by atoms with Gasteiger partial charge >= 0.3 is 0 Å². The van der Waals surface area contributed by atoms with Crippen LogP contribution in [-0.4, -0.2) is 39.2 Å². The van der Waals surface area contributed by atoms with Gasteiger partial charge in [0, 0.05) is 35.6 Å². The molecule has 1 unspecified atom stereocenters. The molecular formula is C26H30FN3O3. The van der Waals surface area contributed by atoms with Crippen molar-refractivity contribution in [1.82, 2.24) is 15.4 Å². The fourth-order valence-corrected chi connectivity index (χ4v) is 4.75. The molecule has 0 bridgehead atoms. The predicted molar refractivity (Wildman–Crippen MR) is 126 cm³/mol. The Morgan fingerprint density at radius 2 is 2.09 bits per heavy atom. The molecule has 1 aliphatic rings. The molecule has 1 aliphatic heterocycles. The van der Waals surface area contributed by atoms with Crippen LogP contribution in [-0.2, 0) is 16.9 Å². The number of hydroxylamine groups is 1. The number of halogens is 1. The van der Waals surface area contributed by atoms with Gasteiger partial charge in [-0.1, -0.05) is 30.3 Å². The zero-order valence-corrected chi connectivity index (χ0v) is 18.9. The first-order valence-corrected chi connectivity index (χ1v) is 11.2. The van der Waals surface area contributed by atoms with Gasteiger partial charge < -0.3 is 10.1 Å². The second kappa shape index (κ2) is 9.47. The maximum Gasteiger partial charge on any atom is 0.267 e. The number of aliphatic hydroxyl groups is 1. The summed E-state index contributed by atoms with van der Waals surface area (Å²) in [6.45, 7) is 5.76. The molecule has 2 heterocycles. The van der Waals surface area contributed by atoms with Gasteiger partial charge in [0.15, 0.2) is 0 Å². The maximum absolute atomic E-state index is 14.8. The van der Waals surface area contributed by atoms with Crippen molar-refractivity contribution in [3.8, 4) is 0 Å². The number of para-hydroxylation sites is 1. The van der Waals surface area contributed by atoms with E-state index >= 15 is 0 Å². The molecule has 7 heteroatoms. The zero-order valence-electron chi connectivity index (χ0n) is 18.9. The molecule has 0 radical (unpaired) electrons. The minimum absolute atomic E-state index is 0.235. The average Bonchev–Trinajstić information content (AvgIpc) is 3.19. The van der Waals surface area contributed by atoms with E-state index in [-0.39, 0.29) is 11.7 Å². The molecule has 2 aromatic carbocycles. The van der Waals surface area contributed by atoms with E-state index in [0.29, 0.717) is 17.7 Å². The number of aromatic amines is 1. The van der Waals surface area contributed by atoms with Crippen molar-refractivity contribution in [2.24, 2.45) is 0 Å². The zero-order chi connectivity index (χ0) is 23.6. The van der Waals surface area contributed by atoms with Gasteiger partial charge in [0.25, 0.3) is 5.91 Å². The fourth-order valence-electron chi connectivity index (χ4n) is 4.75. The van der Waals surface area contributed by atoms with Crippen LogP contribution in [0.3, 0.4) is 0 Å². The molecule has 1 amide bonds. The van der Waals surface area contributed by atoms with Crippen LogP contribution in [0.4, 0.5) is 4.39 Å². The van der Waals surface area contributed by atoms with Crippen molar-refractivity contribution in [3.05, 3.63) is 76.7 Å². The highest BCUT2D eigenvalue weighted by molar-refractivity contribution is 5.90. The van der Waals surface area contributed by atoms with Crippen molar-refractivity contribution in [2.45, 2.75) is 44.8 Å². The number of likely N-dealkylation sites (tertiary alicyclic amines) is 1. The summed E-state index contributed by atoms with van der Waals surface area (Å²) >= 11 is 0. The van der Waals surface area contributed by atoms with Gasteiger partial charge in [-0.25, -0.2) is 9.87 Å². The fraction of sp³-hybridized carbons (Fsp3) is 0.346. The number of carbonyl (C=O) groups is 1. The molecule has 33 heavy (non-hydrogen) atoms. The van der Waals surface area contributed by atoms with Gasteiger partial charge in [-0.05, 0) is 68.5 Å². The first-order chi connectivity index (χ1) is 15.8. The Labute approximate surface area is 192 Å². The second-order valence-corrected chi connectivity index (χ2v) is 9.25. The third-order valence-corrected chi connectivity index (χ3v) is 6.28. The van der Waals surface area contributed by atoms with Crippen LogP contribution in [0.1, 0.15) is 55.0 Å². The molecule has 1 fully saturated rings. The first kappa shape index (κ1) is 23.2. The Bertz CT molecular complexity index is 1180. The van der Waals surface area contributed by atoms with Crippen LogP contribution < -0.4 is 5.48 Å². The Hall–Kier alpha value is -3.00. The van der Waals surface area contributed by atoms with Crippen molar-refractivity contribution in [1.29, 1.82) is 0 Å². The van der Waals surface area contributed by atoms with Crippen LogP contribution in [0, 0.1) is 5.82 Å². The molecule has 4 rings (SSSR count). The lowest BCUT2D eigenvalue weighted by atomic mass is 9.85. The van der Waals surface area contributed by atoms with Crippen LogP contribution in [0.5, 0.6) is 0 Å². The van der Waals surface area contributed by atoms with Gasteiger partial charge in [0.1, 0.15) is 5.82 Å². The summed E-state index contributed by atoms with van der Waals surface area (Å²) < 4.78 is 14.8. The van der Waals surface area contributed by atoms with Gasteiger partial charge in [0.05, 0.1) is 11.3 Å². The molecule has 0 aliphatic carbocycles. The molecule has 1 saturated heterocycles. The number of nitrogens with zero attached hydrogens (tertiary/aromatic N) is 1. The molecule has 174 valence electrons. The van der Waals surface area contributed by atoms with Crippen LogP contribution in [0.15, 0.2) is 48.5 Å². The number of benzene rings is 2. The number of piperidine rings is 1. The van der Waals surface area contributed by atoms with Crippen molar-refractivity contribution in [2.75, 3.05) is 13.1 Å². The molecule has 4 N–H and O–H groups in total. The van der Waals surface area contributed by atoms with Crippen molar-refractivity contribution >= 4 is 22.9 Å². The first-order valence-electron chi connectivity index (χ1n) is 11.2. The molecule has 0 spiro atoms. The lowest BCUT2D eigenvalue weighted by molar-refractivity contribution is -0.124. The van der Waals surface area contributed by atoms with E-state index in [1.54, 1.807) is 26.0 Å². The van der Waals surface area contributed by atoms with Gasteiger partial charge in [-0.15, -0.1) is 0 Å². The molecule has 1 aromatic heterocycles. The Kier molecular flexibility index (Phi) is 6.65. The number of aromatic nitrogens is 1. The Morgan fingerprint density at radius 1 is 1.30 bits per heavy atom. The smallest absolute Gasteiger partial charge is 0.267 e. The summed E-state index contributed by atoms with van der Waals surface area (Å²) in [5.74, 6) is -0.756. The lowest BCUT2D eigenvalue weighted by Gasteiger charge is -2.34. The summed E-state index contributed by atoms with van der Waals surface area (Å²) in [6.07, 6.45) is 4.60. The average molecular weight is 452 g/mol. The molecule has 0 saturated carbocycles. The van der Waals surface area contributed by atoms with E-state index in [9.17, 15) is 14.3 Å². The largest absolute Gasteiger partial charge is 0.384 e. The second-order valence-electron chi connectivity index (χ2n) is 9.25. The number of carbonyl (C=O) groups excluding carboxylic acids is 1. The van der Waals surface area contributed by atoms with Crippen LogP contribution in [0.2, 0.25) is 0 Å². The minimum atomic E-state index is -0.987. The quantitative estimate of drug-likeness (QED) is 0.254. The van der Waals surface area contributed by atoms with Crippen LogP contribution in [0.25, 0.3) is 17.0 Å². The number of nitrogens with one attached hydrogen (secondary N) is 2. The summed E-state index contributed by atoms with van der Waals surface area (Å²) in [5, 5.41) is 20.5. The third-order valence-electron chi connectivity index (χ3n) is 6.28. The van der Waals surface area contributed by atoms with Crippen LogP contribution >= 0.6 is 0 Å². The van der Waals surface area contributed by atoms with E-state index in [1.807, 2.05) is 18.2 Å². The van der Waals surface area contributed by atoms with E-state index in [1.165, 1.54) is 17.6 Å². The van der Waals surface area contributed by atoms with Crippen molar-refractivity contribution < 1.29 is 19.5 Å². The van der Waals surface area contributed by atoms with E-state index < -0.39 is 11.5 Å². The van der Waals surface area contributed by atoms with Gasteiger partial charge in [-0.3, -0.25) is 14.9 Å². The number of fused-ring (bicyclic) bond motifs is 1. The van der Waals surface area contributed by atoms with Crippen molar-refractivity contribution in [3.63, 3.8) is 0 Å². The number of rotatable bonds is 6. The highest BCUT2D eigenvalue weighted by Gasteiger charge is 2.31. The molecule has 3 aromatic rings. The maximum atomic E-state index is 14.8. The summed E-state index contributed by atoms with van der Waals surface area (Å²) in [5.41, 5.74) is 4.70. The number of hydrogen-bond acceptors (Lipinski definition) is 4. The van der Waals surface area contributed by atoms with E-state index in [2.05, 4.69) is 16.0 Å². The summed E-state index contributed by atoms with van der Waals surface area (Å²) in [6, 6.07) is 13.0. The lowest BCUT2D eigenvalue weighted by Crippen LogP contribution is -2.35. The molecule has 1 atom stereocenters. The molecule has 6 nitrogen and oxygen atoms in total. The van der Waals surface area contributed by atoms with E-state index in [4.69, 9.17) is 5.21 Å². The Balaban J connectivity index is 1.55. The number of amides is 1. The highest BCUT2D eigenvalue weighted by atomic mass is 19.1. The summed E-state index contributed by atoms with van der Waals surface area (Å²) in [4.78, 5) is 16.8. The number of hydrogen-bond donors (Lipinski definition) is 4.